The van der Waals surface area contributed by atoms with E-state index in [1.54, 1.807) is 44.1 Å². The first-order chi connectivity index (χ1) is 13.6. The molecule has 1 N–H and O–H groups in total. The molecule has 9 heteroatoms. The van der Waals surface area contributed by atoms with Crippen LogP contribution >= 0.6 is 11.3 Å². The van der Waals surface area contributed by atoms with Crippen molar-refractivity contribution in [3.63, 3.8) is 0 Å². The number of aromatic nitrogens is 4. The van der Waals surface area contributed by atoms with Crippen molar-refractivity contribution >= 4 is 28.0 Å². The lowest BCUT2D eigenvalue weighted by Gasteiger charge is -2.08. The number of hydrogen-bond donors (Lipinski definition) is 1. The lowest BCUT2D eigenvalue weighted by molar-refractivity contribution is 0.102. The van der Waals surface area contributed by atoms with Crippen LogP contribution in [-0.2, 0) is 0 Å². The fourth-order valence-electron chi connectivity index (χ4n) is 2.89. The van der Waals surface area contributed by atoms with Crippen LogP contribution in [0.5, 0.6) is 11.5 Å². The molecule has 1 amide bonds. The number of carbonyl (C=O) groups excluding carboxylic acids is 1. The van der Waals surface area contributed by atoms with Crippen molar-refractivity contribution in [3.05, 3.63) is 53.3 Å². The van der Waals surface area contributed by atoms with Gasteiger partial charge in [0, 0.05) is 23.3 Å². The Labute approximate surface area is 164 Å². The number of amides is 1. The van der Waals surface area contributed by atoms with Crippen LogP contribution in [0.2, 0.25) is 0 Å². The lowest BCUT2D eigenvalue weighted by atomic mass is 10.1. The molecule has 4 rings (SSSR count). The van der Waals surface area contributed by atoms with Crippen LogP contribution in [0.25, 0.3) is 16.9 Å². The van der Waals surface area contributed by atoms with Crippen LogP contribution in [0.3, 0.4) is 0 Å². The molecule has 8 nitrogen and oxygen atoms in total. The summed E-state index contributed by atoms with van der Waals surface area (Å²) in [7, 11) is 3.20. The second-order valence-electron chi connectivity index (χ2n) is 5.91. The van der Waals surface area contributed by atoms with E-state index in [0.29, 0.717) is 39.2 Å². The van der Waals surface area contributed by atoms with E-state index in [1.165, 1.54) is 11.3 Å². The molecule has 0 aliphatic carbocycles. The topological polar surface area (TPSA) is 90.6 Å². The van der Waals surface area contributed by atoms with E-state index < -0.39 is 0 Å². The van der Waals surface area contributed by atoms with Crippen LogP contribution in [0.15, 0.2) is 42.0 Å². The molecule has 1 aromatic carbocycles. The third kappa shape index (κ3) is 3.16. The average molecular weight is 395 g/mol. The summed E-state index contributed by atoms with van der Waals surface area (Å²) in [4.78, 5) is 21.6. The number of fused-ring (bicyclic) bond motifs is 1. The van der Waals surface area contributed by atoms with Crippen LogP contribution < -0.4 is 14.8 Å². The second kappa shape index (κ2) is 7.28. The first-order valence-corrected chi connectivity index (χ1v) is 9.28. The molecule has 0 radical (unpaired) electrons. The van der Waals surface area contributed by atoms with Crippen LogP contribution in [0, 0.1) is 6.92 Å². The Balaban J connectivity index is 1.64. The van der Waals surface area contributed by atoms with Gasteiger partial charge in [-0.25, -0.2) is 14.5 Å². The summed E-state index contributed by atoms with van der Waals surface area (Å²) in [5.41, 5.74) is 3.00. The molecule has 0 aliphatic rings. The first-order valence-electron chi connectivity index (χ1n) is 8.40. The van der Waals surface area contributed by atoms with Gasteiger partial charge in [-0.1, -0.05) is 0 Å². The zero-order chi connectivity index (χ0) is 19.7. The molecule has 0 atom stereocenters. The number of carbonyl (C=O) groups is 1. The average Bonchev–Trinajstić information content (AvgIpc) is 3.30. The number of methoxy groups -OCH3 is 2. The Morgan fingerprint density at radius 1 is 1.25 bits per heavy atom. The Kier molecular flexibility index (Phi) is 4.66. The Bertz CT molecular complexity index is 1170. The number of benzene rings is 1. The molecule has 0 fully saturated rings. The molecule has 0 aliphatic heterocycles. The molecular weight excluding hydrogens is 378 g/mol. The Morgan fingerprint density at radius 2 is 2.11 bits per heavy atom. The molecular formula is C19H17N5O3S. The number of hydrogen-bond acceptors (Lipinski definition) is 7. The molecule has 0 saturated heterocycles. The van der Waals surface area contributed by atoms with Crippen molar-refractivity contribution in [3.8, 4) is 22.8 Å². The minimum absolute atomic E-state index is 0.301. The second-order valence-corrected chi connectivity index (χ2v) is 6.76. The van der Waals surface area contributed by atoms with E-state index in [9.17, 15) is 4.79 Å². The highest BCUT2D eigenvalue weighted by atomic mass is 32.1. The number of anilines is 1. The van der Waals surface area contributed by atoms with E-state index in [4.69, 9.17) is 9.47 Å². The van der Waals surface area contributed by atoms with Gasteiger partial charge in [0.1, 0.15) is 17.1 Å². The minimum Gasteiger partial charge on any atom is -0.497 e. The van der Waals surface area contributed by atoms with Gasteiger partial charge in [-0.2, -0.15) is 5.10 Å². The molecule has 0 bridgehead atoms. The fourth-order valence-corrected chi connectivity index (χ4v) is 3.60. The summed E-state index contributed by atoms with van der Waals surface area (Å²) in [6.07, 6.45) is 3.38. The van der Waals surface area contributed by atoms with E-state index in [-0.39, 0.29) is 5.91 Å². The third-order valence-corrected chi connectivity index (χ3v) is 4.96. The minimum atomic E-state index is -0.301. The summed E-state index contributed by atoms with van der Waals surface area (Å²) < 4.78 is 12.3. The maximum Gasteiger partial charge on any atom is 0.263 e. The van der Waals surface area contributed by atoms with Gasteiger partial charge in [0.15, 0.2) is 10.8 Å². The molecule has 3 heterocycles. The third-order valence-electron chi connectivity index (χ3n) is 4.20. The van der Waals surface area contributed by atoms with E-state index in [2.05, 4.69) is 20.4 Å². The zero-order valence-electron chi connectivity index (χ0n) is 15.5. The van der Waals surface area contributed by atoms with Crippen LogP contribution in [0.4, 0.5) is 5.13 Å². The van der Waals surface area contributed by atoms with Crippen molar-refractivity contribution in [1.29, 1.82) is 0 Å². The highest BCUT2D eigenvalue weighted by molar-refractivity contribution is 7.14. The Hall–Kier alpha value is -3.46. The van der Waals surface area contributed by atoms with Crippen molar-refractivity contribution in [1.82, 2.24) is 19.6 Å². The van der Waals surface area contributed by atoms with Gasteiger partial charge in [0.2, 0.25) is 0 Å². The van der Waals surface area contributed by atoms with E-state index in [1.807, 2.05) is 23.6 Å². The maximum absolute atomic E-state index is 12.8. The normalized spacial score (nSPS) is 10.8. The van der Waals surface area contributed by atoms with E-state index in [0.717, 1.165) is 5.56 Å². The fraction of sp³-hybridized carbons (Fsp3) is 0.158. The standard InChI is InChI=1S/C19H17N5O3S/c1-11-16(17-20-7-4-8-24(17)23-11)18(25)22-19-21-14(10-28-19)13-9-12(26-2)5-6-15(13)27-3/h4-10H,1-3H3,(H,21,22,25). The van der Waals surface area contributed by atoms with Gasteiger partial charge in [-0.05, 0) is 31.2 Å². The zero-order valence-corrected chi connectivity index (χ0v) is 16.3. The first kappa shape index (κ1) is 17.9. The summed E-state index contributed by atoms with van der Waals surface area (Å²) in [5.74, 6) is 1.07. The summed E-state index contributed by atoms with van der Waals surface area (Å²) in [6, 6.07) is 7.24. The number of rotatable bonds is 5. The maximum atomic E-state index is 12.8. The lowest BCUT2D eigenvalue weighted by Crippen LogP contribution is -2.13. The quantitative estimate of drug-likeness (QED) is 0.557. The summed E-state index contributed by atoms with van der Waals surface area (Å²) >= 11 is 1.33. The molecule has 0 spiro atoms. The van der Waals surface area contributed by atoms with Crippen molar-refractivity contribution in [2.75, 3.05) is 19.5 Å². The van der Waals surface area contributed by atoms with Crippen LogP contribution in [0.1, 0.15) is 16.1 Å². The predicted octanol–water partition coefficient (Wildman–Crippen LogP) is 3.43. The van der Waals surface area contributed by atoms with Crippen molar-refractivity contribution in [2.45, 2.75) is 6.92 Å². The molecule has 142 valence electrons. The number of ether oxygens (including phenoxy) is 2. The number of aryl methyl sites for hydroxylation is 1. The van der Waals surface area contributed by atoms with Crippen molar-refractivity contribution < 1.29 is 14.3 Å². The van der Waals surface area contributed by atoms with E-state index >= 15 is 0 Å². The molecule has 0 saturated carbocycles. The molecule has 4 aromatic rings. The van der Waals surface area contributed by atoms with Crippen LogP contribution in [-0.4, -0.2) is 39.7 Å². The highest BCUT2D eigenvalue weighted by Crippen LogP contribution is 2.35. The number of nitrogens with one attached hydrogen (secondary N) is 1. The number of nitrogens with zero attached hydrogens (tertiary/aromatic N) is 4. The highest BCUT2D eigenvalue weighted by Gasteiger charge is 2.20. The number of thiazole rings is 1. The summed E-state index contributed by atoms with van der Waals surface area (Å²) in [6.45, 7) is 1.78. The van der Waals surface area contributed by atoms with Gasteiger partial charge in [-0.3, -0.25) is 10.1 Å². The Morgan fingerprint density at radius 3 is 2.89 bits per heavy atom. The SMILES string of the molecule is COc1ccc(OC)c(-c2csc(NC(=O)c3c(C)nn4cccnc34)n2)c1. The smallest absolute Gasteiger partial charge is 0.263 e. The predicted molar refractivity (Wildman–Crippen MR) is 106 cm³/mol. The monoisotopic (exact) mass is 395 g/mol. The van der Waals surface area contributed by atoms with Crippen molar-refractivity contribution in [2.24, 2.45) is 0 Å². The van der Waals surface area contributed by atoms with Gasteiger partial charge >= 0.3 is 0 Å². The molecule has 0 unspecified atom stereocenters. The van der Waals surface area contributed by atoms with Gasteiger partial charge in [0.05, 0.1) is 25.6 Å². The molecule has 3 aromatic heterocycles. The van der Waals surface area contributed by atoms with Gasteiger partial charge in [0.25, 0.3) is 5.91 Å². The summed E-state index contributed by atoms with van der Waals surface area (Å²) in [5, 5.41) is 9.48. The van der Waals surface area contributed by atoms with Gasteiger partial charge in [-0.15, -0.1) is 11.3 Å². The van der Waals surface area contributed by atoms with Gasteiger partial charge < -0.3 is 9.47 Å². The molecule has 28 heavy (non-hydrogen) atoms. The largest absolute Gasteiger partial charge is 0.497 e.